The highest BCUT2D eigenvalue weighted by atomic mass is 14.9. The van der Waals surface area contributed by atoms with Gasteiger partial charge in [0.25, 0.3) is 0 Å². The van der Waals surface area contributed by atoms with E-state index in [0.29, 0.717) is 0 Å². The topological polar surface area (TPSA) is 27.8 Å². The summed E-state index contributed by atoms with van der Waals surface area (Å²) in [4.78, 5) is 3.18. The lowest BCUT2D eigenvalue weighted by Crippen LogP contribution is -2.00. The number of nitrogens with one attached hydrogen (secondary N) is 2. The van der Waals surface area contributed by atoms with Crippen LogP contribution in [-0.4, -0.2) is 4.98 Å². The predicted molar refractivity (Wildman–Crippen MR) is 69.4 cm³/mol. The van der Waals surface area contributed by atoms with Crippen LogP contribution in [0, 0.1) is 13.8 Å². The number of aromatic amines is 1. The van der Waals surface area contributed by atoms with E-state index in [0.717, 1.165) is 17.1 Å². The van der Waals surface area contributed by atoms with Crippen LogP contribution in [0.25, 0.3) is 5.70 Å². The zero-order valence-corrected chi connectivity index (χ0v) is 9.67. The van der Waals surface area contributed by atoms with Crippen molar-refractivity contribution in [1.82, 2.24) is 4.98 Å². The first-order chi connectivity index (χ1) is 7.68. The average molecular weight is 212 g/mol. The van der Waals surface area contributed by atoms with Crippen LogP contribution in [0.5, 0.6) is 0 Å². The molecule has 0 saturated carbocycles. The van der Waals surface area contributed by atoms with Gasteiger partial charge in [-0.05, 0) is 37.1 Å². The third-order valence-electron chi connectivity index (χ3n) is 2.69. The molecule has 1 heterocycles. The fraction of sp³-hybridized carbons (Fsp3) is 0.143. The van der Waals surface area contributed by atoms with Gasteiger partial charge in [-0.15, -0.1) is 0 Å². The van der Waals surface area contributed by atoms with Crippen LogP contribution >= 0.6 is 0 Å². The van der Waals surface area contributed by atoms with Crippen LogP contribution in [0.4, 0.5) is 5.69 Å². The first-order valence-corrected chi connectivity index (χ1v) is 5.34. The van der Waals surface area contributed by atoms with Crippen molar-refractivity contribution in [1.29, 1.82) is 0 Å². The average Bonchev–Trinajstić information content (AvgIpc) is 2.68. The molecule has 1 aromatic carbocycles. The van der Waals surface area contributed by atoms with Gasteiger partial charge in [0.1, 0.15) is 0 Å². The molecule has 2 rings (SSSR count). The Morgan fingerprint density at radius 2 is 1.88 bits per heavy atom. The Hall–Kier alpha value is -1.96. The van der Waals surface area contributed by atoms with Gasteiger partial charge in [0.2, 0.25) is 0 Å². The Balaban J connectivity index is 2.21. The summed E-state index contributed by atoms with van der Waals surface area (Å²) in [6.07, 6.45) is 1.93. The van der Waals surface area contributed by atoms with Crippen molar-refractivity contribution >= 4 is 11.4 Å². The molecule has 0 fully saturated rings. The number of rotatable bonds is 3. The third-order valence-corrected chi connectivity index (χ3v) is 2.69. The fourth-order valence-electron chi connectivity index (χ4n) is 1.71. The number of hydrogen-bond donors (Lipinski definition) is 2. The van der Waals surface area contributed by atoms with Gasteiger partial charge in [0.15, 0.2) is 0 Å². The Labute approximate surface area is 96.0 Å². The number of benzene rings is 1. The van der Waals surface area contributed by atoms with Gasteiger partial charge in [-0.1, -0.05) is 24.8 Å². The second kappa shape index (κ2) is 4.27. The maximum Gasteiger partial charge on any atom is 0.0643 e. The highest BCUT2D eigenvalue weighted by Crippen LogP contribution is 2.21. The molecule has 0 atom stereocenters. The number of para-hydroxylation sites is 1. The zero-order valence-electron chi connectivity index (χ0n) is 9.67. The van der Waals surface area contributed by atoms with E-state index in [2.05, 4.69) is 42.9 Å². The summed E-state index contributed by atoms with van der Waals surface area (Å²) in [5.41, 5.74) is 5.47. The highest BCUT2D eigenvalue weighted by Gasteiger charge is 2.04. The second-order valence-corrected chi connectivity index (χ2v) is 3.95. The molecule has 0 bridgehead atoms. The molecule has 0 aliphatic rings. The quantitative estimate of drug-likeness (QED) is 0.797. The fourth-order valence-corrected chi connectivity index (χ4v) is 1.71. The molecule has 0 aliphatic carbocycles. The van der Waals surface area contributed by atoms with Crippen molar-refractivity contribution < 1.29 is 0 Å². The lowest BCUT2D eigenvalue weighted by molar-refractivity contribution is 1.30. The van der Waals surface area contributed by atoms with E-state index in [-0.39, 0.29) is 0 Å². The first-order valence-electron chi connectivity index (χ1n) is 5.34. The van der Waals surface area contributed by atoms with Crippen LogP contribution in [0.3, 0.4) is 0 Å². The molecule has 2 heteroatoms. The minimum Gasteiger partial charge on any atom is -0.360 e. The number of anilines is 1. The van der Waals surface area contributed by atoms with Gasteiger partial charge in [-0.3, -0.25) is 0 Å². The molecule has 0 saturated heterocycles. The lowest BCUT2D eigenvalue weighted by Gasteiger charge is -2.11. The molecule has 2 nitrogen and oxygen atoms in total. The Morgan fingerprint density at radius 3 is 2.50 bits per heavy atom. The summed E-state index contributed by atoms with van der Waals surface area (Å²) in [5.74, 6) is 0. The smallest absolute Gasteiger partial charge is 0.0643 e. The molecule has 2 aromatic rings. The normalized spacial score (nSPS) is 10.1. The predicted octanol–water partition coefficient (Wildman–Crippen LogP) is 3.71. The van der Waals surface area contributed by atoms with Crippen molar-refractivity contribution in [2.24, 2.45) is 0 Å². The van der Waals surface area contributed by atoms with Crippen LogP contribution in [-0.2, 0) is 0 Å². The minimum absolute atomic E-state index is 0.900. The maximum atomic E-state index is 4.05. The summed E-state index contributed by atoms with van der Waals surface area (Å²) < 4.78 is 0. The minimum atomic E-state index is 0.900. The second-order valence-electron chi connectivity index (χ2n) is 3.95. The summed E-state index contributed by atoms with van der Waals surface area (Å²) >= 11 is 0. The van der Waals surface area contributed by atoms with Gasteiger partial charge < -0.3 is 10.3 Å². The van der Waals surface area contributed by atoms with Gasteiger partial charge >= 0.3 is 0 Å². The molecule has 0 aliphatic heterocycles. The van der Waals surface area contributed by atoms with E-state index in [9.17, 15) is 0 Å². The zero-order chi connectivity index (χ0) is 11.5. The maximum absolute atomic E-state index is 4.05. The third kappa shape index (κ3) is 2.01. The van der Waals surface area contributed by atoms with Crippen molar-refractivity contribution in [3.8, 4) is 0 Å². The van der Waals surface area contributed by atoms with E-state index in [4.69, 9.17) is 0 Å². The van der Waals surface area contributed by atoms with Gasteiger partial charge in [-0.2, -0.15) is 0 Å². The van der Waals surface area contributed by atoms with Crippen LogP contribution in [0.15, 0.2) is 43.1 Å². The molecule has 0 radical (unpaired) electrons. The molecule has 0 unspecified atom stereocenters. The summed E-state index contributed by atoms with van der Waals surface area (Å²) in [7, 11) is 0. The van der Waals surface area contributed by atoms with Crippen LogP contribution in [0.2, 0.25) is 0 Å². The van der Waals surface area contributed by atoms with Crippen molar-refractivity contribution in [3.05, 3.63) is 59.9 Å². The number of aromatic nitrogens is 1. The first kappa shape index (κ1) is 10.6. The van der Waals surface area contributed by atoms with Crippen LogP contribution < -0.4 is 5.32 Å². The molecular formula is C14H16N2. The monoisotopic (exact) mass is 212 g/mol. The van der Waals surface area contributed by atoms with E-state index in [1.165, 1.54) is 11.1 Å². The van der Waals surface area contributed by atoms with E-state index in [1.807, 2.05) is 24.4 Å². The molecule has 0 amide bonds. The number of H-pyrrole nitrogens is 1. The summed E-state index contributed by atoms with van der Waals surface area (Å²) in [6.45, 7) is 8.20. The molecule has 1 aromatic heterocycles. The molecule has 2 N–H and O–H groups in total. The largest absolute Gasteiger partial charge is 0.360 e. The van der Waals surface area contributed by atoms with Crippen molar-refractivity contribution in [3.63, 3.8) is 0 Å². The number of aryl methyl sites for hydroxylation is 2. The van der Waals surface area contributed by atoms with Crippen molar-refractivity contribution in [2.45, 2.75) is 13.8 Å². The Kier molecular flexibility index (Phi) is 2.82. The van der Waals surface area contributed by atoms with E-state index in [1.54, 1.807) is 0 Å². The highest BCUT2D eigenvalue weighted by molar-refractivity contribution is 5.76. The molecule has 82 valence electrons. The van der Waals surface area contributed by atoms with Gasteiger partial charge in [0, 0.05) is 11.9 Å². The summed E-state index contributed by atoms with van der Waals surface area (Å²) in [6, 6.07) is 10.2. The Morgan fingerprint density at radius 1 is 1.12 bits per heavy atom. The molecule has 16 heavy (non-hydrogen) atoms. The molecular weight excluding hydrogens is 196 g/mol. The summed E-state index contributed by atoms with van der Waals surface area (Å²) in [5, 5.41) is 3.33. The standard InChI is InChI=1S/C14H16N2/c1-10-6-4-5-7-13(10)16-12(3)14-11(2)8-9-15-14/h4-9,15-16H,3H2,1-2H3. The van der Waals surface area contributed by atoms with Gasteiger partial charge in [0.05, 0.1) is 11.4 Å². The van der Waals surface area contributed by atoms with E-state index < -0.39 is 0 Å². The SMILES string of the molecule is C=C(Nc1ccccc1C)c1[nH]ccc1C. The Bertz CT molecular complexity index is 509. The lowest BCUT2D eigenvalue weighted by atomic mass is 10.1. The van der Waals surface area contributed by atoms with Crippen molar-refractivity contribution in [2.75, 3.05) is 5.32 Å². The number of hydrogen-bond acceptors (Lipinski definition) is 1. The van der Waals surface area contributed by atoms with Crippen LogP contribution in [0.1, 0.15) is 16.8 Å². The van der Waals surface area contributed by atoms with E-state index >= 15 is 0 Å². The van der Waals surface area contributed by atoms with Gasteiger partial charge in [-0.25, -0.2) is 0 Å². The molecule has 0 spiro atoms.